The Labute approximate surface area is 121 Å². The molecule has 1 atom stereocenters. The highest BCUT2D eigenvalue weighted by molar-refractivity contribution is 5.91. The van der Waals surface area contributed by atoms with Gasteiger partial charge in [-0.05, 0) is 38.3 Å². The molecular weight excluding hydrogens is 250 g/mol. The fourth-order valence-corrected chi connectivity index (χ4v) is 2.53. The van der Waals surface area contributed by atoms with Gasteiger partial charge >= 0.3 is 0 Å². The van der Waals surface area contributed by atoms with Crippen LogP contribution in [0.15, 0.2) is 18.3 Å². The van der Waals surface area contributed by atoms with Crippen molar-refractivity contribution in [3.63, 3.8) is 0 Å². The molecule has 4 nitrogen and oxygen atoms in total. The molecule has 1 unspecified atom stereocenters. The van der Waals surface area contributed by atoms with Crippen molar-refractivity contribution in [2.75, 3.05) is 10.6 Å². The molecule has 0 saturated heterocycles. The minimum absolute atomic E-state index is 0.125. The van der Waals surface area contributed by atoms with Gasteiger partial charge in [0.1, 0.15) is 5.82 Å². The number of hydrogen-bond acceptors (Lipinski definition) is 3. The average Bonchev–Trinajstić information content (AvgIpc) is 2.50. The van der Waals surface area contributed by atoms with Gasteiger partial charge in [0.25, 0.3) is 0 Å². The first kappa shape index (κ1) is 14.8. The van der Waals surface area contributed by atoms with E-state index in [9.17, 15) is 4.79 Å². The van der Waals surface area contributed by atoms with Gasteiger partial charge in [0.05, 0.1) is 11.9 Å². The van der Waals surface area contributed by atoms with E-state index in [0.717, 1.165) is 24.9 Å². The Hall–Kier alpha value is -1.58. The molecule has 0 bridgehead atoms. The van der Waals surface area contributed by atoms with Gasteiger partial charge in [0, 0.05) is 12.0 Å². The Kier molecular flexibility index (Phi) is 5.39. The summed E-state index contributed by atoms with van der Waals surface area (Å²) in [6.45, 7) is 4.28. The molecule has 1 fully saturated rings. The van der Waals surface area contributed by atoms with Crippen LogP contribution in [0.4, 0.5) is 11.5 Å². The third-order valence-corrected chi connectivity index (χ3v) is 4.02. The lowest BCUT2D eigenvalue weighted by molar-refractivity contribution is -0.120. The Morgan fingerprint density at radius 2 is 2.10 bits per heavy atom. The molecule has 1 aliphatic rings. The van der Waals surface area contributed by atoms with E-state index in [1.54, 1.807) is 6.20 Å². The largest absolute Gasteiger partial charge is 0.381 e. The molecule has 1 aliphatic carbocycles. The molecule has 0 spiro atoms. The number of amides is 1. The lowest BCUT2D eigenvalue weighted by atomic mass is 9.89. The van der Waals surface area contributed by atoms with E-state index in [-0.39, 0.29) is 11.8 Å². The molecule has 2 rings (SSSR count). The molecule has 1 amide bonds. The predicted molar refractivity (Wildman–Crippen MR) is 82.8 cm³/mol. The van der Waals surface area contributed by atoms with Crippen molar-refractivity contribution in [3.8, 4) is 0 Å². The molecular formula is C16H25N3O. The molecule has 1 aromatic rings. The van der Waals surface area contributed by atoms with Crippen LogP contribution < -0.4 is 10.6 Å². The summed E-state index contributed by atoms with van der Waals surface area (Å²) >= 11 is 0. The first-order valence-corrected chi connectivity index (χ1v) is 7.72. The third kappa shape index (κ3) is 4.22. The third-order valence-electron chi connectivity index (χ3n) is 4.02. The normalized spacial score (nSPS) is 17.5. The van der Waals surface area contributed by atoms with Crippen LogP contribution in [0.5, 0.6) is 0 Å². The van der Waals surface area contributed by atoms with Gasteiger partial charge in [0.2, 0.25) is 5.91 Å². The first-order valence-electron chi connectivity index (χ1n) is 7.72. The summed E-state index contributed by atoms with van der Waals surface area (Å²) < 4.78 is 0. The Balaban J connectivity index is 1.88. The summed E-state index contributed by atoms with van der Waals surface area (Å²) in [4.78, 5) is 16.4. The van der Waals surface area contributed by atoms with Crippen LogP contribution in [0, 0.1) is 5.92 Å². The zero-order valence-corrected chi connectivity index (χ0v) is 12.5. The molecule has 4 heteroatoms. The van der Waals surface area contributed by atoms with Gasteiger partial charge < -0.3 is 10.6 Å². The summed E-state index contributed by atoms with van der Waals surface area (Å²) in [5.74, 6) is 0.943. The fourth-order valence-electron chi connectivity index (χ4n) is 2.53. The maximum absolute atomic E-state index is 12.1. The van der Waals surface area contributed by atoms with Crippen molar-refractivity contribution >= 4 is 17.4 Å². The highest BCUT2D eigenvalue weighted by atomic mass is 16.1. The molecule has 0 aliphatic heterocycles. The highest BCUT2D eigenvalue weighted by Gasteiger charge is 2.21. The number of nitrogens with one attached hydrogen (secondary N) is 2. The Bertz CT molecular complexity index is 424. The molecule has 0 aromatic carbocycles. The molecule has 1 saturated carbocycles. The number of nitrogens with zero attached hydrogens (tertiary/aromatic N) is 1. The molecule has 20 heavy (non-hydrogen) atoms. The van der Waals surface area contributed by atoms with Crippen LogP contribution in [0.3, 0.4) is 0 Å². The summed E-state index contributed by atoms with van der Waals surface area (Å²) in [7, 11) is 0. The summed E-state index contributed by atoms with van der Waals surface area (Å²) in [6.07, 6.45) is 8.48. The van der Waals surface area contributed by atoms with E-state index >= 15 is 0 Å². The monoisotopic (exact) mass is 275 g/mol. The van der Waals surface area contributed by atoms with Crippen LogP contribution in [0.2, 0.25) is 0 Å². The van der Waals surface area contributed by atoms with E-state index in [1.807, 2.05) is 12.1 Å². The van der Waals surface area contributed by atoms with E-state index in [4.69, 9.17) is 0 Å². The van der Waals surface area contributed by atoms with Crippen molar-refractivity contribution in [2.45, 2.75) is 58.4 Å². The second kappa shape index (κ2) is 7.27. The van der Waals surface area contributed by atoms with Crippen LogP contribution >= 0.6 is 0 Å². The minimum Gasteiger partial charge on any atom is -0.381 e. The van der Waals surface area contributed by atoms with E-state index in [1.165, 1.54) is 19.3 Å². The van der Waals surface area contributed by atoms with Crippen LogP contribution in [-0.4, -0.2) is 16.9 Å². The smallest absolute Gasteiger partial charge is 0.228 e. The number of rotatable bonds is 5. The number of anilines is 2. The number of hydrogen-bond donors (Lipinski definition) is 2. The van der Waals surface area contributed by atoms with Crippen molar-refractivity contribution in [1.29, 1.82) is 0 Å². The zero-order valence-electron chi connectivity index (χ0n) is 12.5. The molecule has 1 heterocycles. The van der Waals surface area contributed by atoms with Gasteiger partial charge in [-0.15, -0.1) is 0 Å². The zero-order chi connectivity index (χ0) is 14.4. The number of carbonyl (C=O) groups is 1. The maximum Gasteiger partial charge on any atom is 0.228 e. The topological polar surface area (TPSA) is 54.0 Å². The number of aromatic nitrogens is 1. The summed E-state index contributed by atoms with van der Waals surface area (Å²) in [5.41, 5.74) is 0.995. The minimum atomic E-state index is 0.125. The van der Waals surface area contributed by atoms with Crippen LogP contribution in [0.25, 0.3) is 0 Å². The second-order valence-electron chi connectivity index (χ2n) is 5.71. The molecule has 110 valence electrons. The summed E-state index contributed by atoms with van der Waals surface area (Å²) in [5, 5.41) is 6.29. The van der Waals surface area contributed by atoms with Crippen molar-refractivity contribution in [3.05, 3.63) is 18.3 Å². The van der Waals surface area contributed by atoms with E-state index in [0.29, 0.717) is 11.9 Å². The van der Waals surface area contributed by atoms with Gasteiger partial charge in [-0.3, -0.25) is 4.79 Å². The first-order chi connectivity index (χ1) is 9.69. The highest BCUT2D eigenvalue weighted by Crippen LogP contribution is 2.24. The fraction of sp³-hybridized carbons (Fsp3) is 0.625. The molecule has 1 aromatic heterocycles. The maximum atomic E-state index is 12.1. The van der Waals surface area contributed by atoms with Crippen LogP contribution in [-0.2, 0) is 4.79 Å². The van der Waals surface area contributed by atoms with Crippen LogP contribution in [0.1, 0.15) is 52.4 Å². The predicted octanol–water partition coefficient (Wildman–Crippen LogP) is 3.81. The van der Waals surface area contributed by atoms with Gasteiger partial charge in [-0.25, -0.2) is 4.98 Å². The Morgan fingerprint density at radius 1 is 1.35 bits per heavy atom. The lowest BCUT2D eigenvalue weighted by Gasteiger charge is -2.20. The molecule has 2 N–H and O–H groups in total. The SMILES string of the molecule is CCC(C)Nc1ccc(NC(=O)C2CCCCC2)nc1. The standard InChI is InChI=1S/C16H25N3O/c1-3-12(2)18-14-9-10-15(17-11-14)19-16(20)13-7-5-4-6-8-13/h9-13,18H,3-8H2,1-2H3,(H,17,19,20). The van der Waals surface area contributed by atoms with E-state index < -0.39 is 0 Å². The number of pyridine rings is 1. The molecule has 0 radical (unpaired) electrons. The van der Waals surface area contributed by atoms with Crippen molar-refractivity contribution < 1.29 is 4.79 Å². The van der Waals surface area contributed by atoms with Gasteiger partial charge in [-0.1, -0.05) is 26.2 Å². The second-order valence-corrected chi connectivity index (χ2v) is 5.71. The quantitative estimate of drug-likeness (QED) is 0.859. The van der Waals surface area contributed by atoms with Crippen molar-refractivity contribution in [1.82, 2.24) is 4.98 Å². The Morgan fingerprint density at radius 3 is 2.70 bits per heavy atom. The van der Waals surface area contributed by atoms with Gasteiger partial charge in [-0.2, -0.15) is 0 Å². The average molecular weight is 275 g/mol. The van der Waals surface area contributed by atoms with E-state index in [2.05, 4.69) is 29.5 Å². The lowest BCUT2D eigenvalue weighted by Crippen LogP contribution is -2.25. The summed E-state index contributed by atoms with van der Waals surface area (Å²) in [6, 6.07) is 4.26. The number of carbonyl (C=O) groups excluding carboxylic acids is 1. The van der Waals surface area contributed by atoms with Crippen molar-refractivity contribution in [2.24, 2.45) is 5.92 Å². The van der Waals surface area contributed by atoms with Gasteiger partial charge in [0.15, 0.2) is 0 Å².